The van der Waals surface area contributed by atoms with Crippen molar-refractivity contribution in [2.24, 2.45) is 0 Å². The fourth-order valence-corrected chi connectivity index (χ4v) is 2.17. The molecule has 2 aromatic heterocycles. The Morgan fingerprint density at radius 2 is 2.09 bits per heavy atom. The number of nitrogens with zero attached hydrogens (tertiary/aromatic N) is 2. The lowest BCUT2D eigenvalue weighted by Crippen LogP contribution is -1.80. The first-order valence-corrected chi connectivity index (χ1v) is 4.42. The highest BCUT2D eigenvalue weighted by atomic mass is 32.1. The van der Waals surface area contributed by atoms with Crippen LogP contribution in [-0.4, -0.2) is 9.38 Å². The predicted molar refractivity (Wildman–Crippen MR) is 47.3 cm³/mol. The summed E-state index contributed by atoms with van der Waals surface area (Å²) < 4.78 is 2.15. The Morgan fingerprint density at radius 3 is 2.73 bits per heavy atom. The quantitative estimate of drug-likeness (QED) is 0.587. The zero-order chi connectivity index (χ0) is 8.01. The summed E-state index contributed by atoms with van der Waals surface area (Å²) in [6, 6.07) is 0. The van der Waals surface area contributed by atoms with Crippen LogP contribution in [0, 0.1) is 20.8 Å². The van der Waals surface area contributed by atoms with E-state index in [1.54, 1.807) is 11.3 Å². The molecule has 3 heteroatoms. The molecule has 0 aliphatic rings. The van der Waals surface area contributed by atoms with Crippen LogP contribution in [0.1, 0.15) is 16.3 Å². The van der Waals surface area contributed by atoms with E-state index in [0.29, 0.717) is 0 Å². The van der Waals surface area contributed by atoms with Gasteiger partial charge in [0.1, 0.15) is 0 Å². The third kappa shape index (κ3) is 0.878. The molecule has 0 N–H and O–H groups in total. The third-order valence-electron chi connectivity index (χ3n) is 1.91. The van der Waals surface area contributed by atoms with Crippen molar-refractivity contribution in [2.45, 2.75) is 20.8 Å². The van der Waals surface area contributed by atoms with Crippen LogP contribution in [0.25, 0.3) is 4.96 Å². The van der Waals surface area contributed by atoms with Crippen molar-refractivity contribution < 1.29 is 0 Å². The van der Waals surface area contributed by atoms with E-state index in [4.69, 9.17) is 0 Å². The van der Waals surface area contributed by atoms with E-state index in [-0.39, 0.29) is 0 Å². The zero-order valence-corrected chi connectivity index (χ0v) is 7.70. The van der Waals surface area contributed by atoms with Crippen molar-refractivity contribution in [1.82, 2.24) is 9.38 Å². The minimum absolute atomic E-state index is 1.10. The Hall–Kier alpha value is -0.830. The van der Waals surface area contributed by atoms with Crippen LogP contribution >= 0.6 is 11.3 Å². The van der Waals surface area contributed by atoms with Crippen molar-refractivity contribution in [2.75, 3.05) is 0 Å². The molecule has 0 unspecified atom stereocenters. The molecule has 0 saturated carbocycles. The molecule has 2 nitrogen and oxygen atoms in total. The van der Waals surface area contributed by atoms with E-state index in [1.165, 1.54) is 10.6 Å². The first kappa shape index (κ1) is 6.85. The van der Waals surface area contributed by atoms with Crippen LogP contribution in [0.4, 0.5) is 0 Å². The summed E-state index contributed by atoms with van der Waals surface area (Å²) in [7, 11) is 0. The smallest absolute Gasteiger partial charge is 0.194 e. The number of aryl methyl sites for hydroxylation is 3. The Kier molecular flexibility index (Phi) is 1.29. The lowest BCUT2D eigenvalue weighted by Gasteiger charge is -1.87. The van der Waals surface area contributed by atoms with E-state index in [0.717, 1.165) is 10.7 Å². The normalized spacial score (nSPS) is 11.2. The van der Waals surface area contributed by atoms with Crippen LogP contribution in [0.5, 0.6) is 0 Å². The lowest BCUT2D eigenvalue weighted by atomic mass is 10.4. The van der Waals surface area contributed by atoms with E-state index in [1.807, 2.05) is 6.92 Å². The van der Waals surface area contributed by atoms with Gasteiger partial charge in [0.15, 0.2) is 4.96 Å². The third-order valence-corrected chi connectivity index (χ3v) is 2.98. The highest BCUT2D eigenvalue weighted by molar-refractivity contribution is 7.17. The Bertz CT molecular complexity index is 397. The van der Waals surface area contributed by atoms with Crippen LogP contribution in [0.3, 0.4) is 0 Å². The molecule has 11 heavy (non-hydrogen) atoms. The van der Waals surface area contributed by atoms with Crippen molar-refractivity contribution in [3.63, 3.8) is 0 Å². The van der Waals surface area contributed by atoms with Crippen molar-refractivity contribution in [3.05, 3.63) is 22.5 Å². The summed E-state index contributed by atoms with van der Waals surface area (Å²) in [6.45, 7) is 6.28. The Balaban J connectivity index is 2.88. The molecule has 0 saturated heterocycles. The van der Waals surface area contributed by atoms with Gasteiger partial charge in [-0.3, -0.25) is 4.40 Å². The zero-order valence-electron chi connectivity index (χ0n) is 6.88. The summed E-state index contributed by atoms with van der Waals surface area (Å²) >= 11 is 1.75. The number of fused-ring (bicyclic) bond motifs is 1. The minimum Gasteiger partial charge on any atom is -0.294 e. The fourth-order valence-electron chi connectivity index (χ4n) is 1.17. The largest absolute Gasteiger partial charge is 0.294 e. The number of hydrogen-bond acceptors (Lipinski definition) is 2. The number of aromatic nitrogens is 2. The van der Waals surface area contributed by atoms with Crippen LogP contribution in [-0.2, 0) is 0 Å². The number of thiazole rings is 1. The maximum absolute atomic E-state index is 4.38. The van der Waals surface area contributed by atoms with Gasteiger partial charge in [0, 0.05) is 16.8 Å². The maximum atomic E-state index is 4.38. The van der Waals surface area contributed by atoms with Gasteiger partial charge in [-0.2, -0.15) is 0 Å². The van der Waals surface area contributed by atoms with Crippen molar-refractivity contribution in [3.8, 4) is 0 Å². The van der Waals surface area contributed by atoms with Gasteiger partial charge in [0.2, 0.25) is 0 Å². The maximum Gasteiger partial charge on any atom is 0.194 e. The van der Waals surface area contributed by atoms with Crippen LogP contribution in [0.15, 0.2) is 6.20 Å². The molecule has 0 aliphatic heterocycles. The first-order chi connectivity index (χ1) is 5.18. The summed E-state index contributed by atoms with van der Waals surface area (Å²) in [6.07, 6.45) is 2.08. The minimum atomic E-state index is 1.10. The van der Waals surface area contributed by atoms with Gasteiger partial charge in [-0.1, -0.05) is 0 Å². The predicted octanol–water partition coefficient (Wildman–Crippen LogP) is 2.32. The molecular formula is C8H10N2S. The van der Waals surface area contributed by atoms with E-state index in [2.05, 4.69) is 29.4 Å². The average Bonchev–Trinajstić information content (AvgIpc) is 2.37. The topological polar surface area (TPSA) is 17.3 Å². The summed E-state index contributed by atoms with van der Waals surface area (Å²) in [5.41, 5.74) is 2.41. The van der Waals surface area contributed by atoms with Gasteiger partial charge in [-0.15, -0.1) is 11.3 Å². The monoisotopic (exact) mass is 166 g/mol. The molecule has 58 valence electrons. The molecule has 0 amide bonds. The molecule has 0 fully saturated rings. The van der Waals surface area contributed by atoms with Crippen LogP contribution in [0.2, 0.25) is 0 Å². The Morgan fingerprint density at radius 1 is 1.36 bits per heavy atom. The molecule has 2 rings (SSSR count). The molecule has 0 aliphatic carbocycles. The van der Waals surface area contributed by atoms with E-state index >= 15 is 0 Å². The lowest BCUT2D eigenvalue weighted by molar-refractivity contribution is 1.11. The van der Waals surface area contributed by atoms with Gasteiger partial charge < -0.3 is 0 Å². The highest BCUT2D eigenvalue weighted by Crippen LogP contribution is 2.21. The average molecular weight is 166 g/mol. The fraction of sp³-hybridized carbons (Fsp3) is 0.375. The molecule has 0 bridgehead atoms. The molecule has 0 aromatic carbocycles. The van der Waals surface area contributed by atoms with Gasteiger partial charge >= 0.3 is 0 Å². The SMILES string of the molecule is Cc1cn2c(C)c(C)sc2n1. The van der Waals surface area contributed by atoms with E-state index < -0.39 is 0 Å². The van der Waals surface area contributed by atoms with Crippen molar-refractivity contribution in [1.29, 1.82) is 0 Å². The molecule has 0 radical (unpaired) electrons. The number of rotatable bonds is 0. The van der Waals surface area contributed by atoms with Gasteiger partial charge in [-0.05, 0) is 20.8 Å². The first-order valence-electron chi connectivity index (χ1n) is 3.60. The highest BCUT2D eigenvalue weighted by Gasteiger charge is 2.05. The molecule has 2 heterocycles. The Labute approximate surface area is 69.5 Å². The standard InChI is InChI=1S/C8H10N2S/c1-5-4-10-6(2)7(3)11-8(10)9-5/h4H,1-3H3. The second-order valence-electron chi connectivity index (χ2n) is 2.78. The molecular weight excluding hydrogens is 156 g/mol. The summed E-state index contributed by atoms with van der Waals surface area (Å²) in [4.78, 5) is 6.84. The van der Waals surface area contributed by atoms with Gasteiger partial charge in [-0.25, -0.2) is 4.98 Å². The van der Waals surface area contributed by atoms with Gasteiger partial charge in [0.05, 0.1) is 5.69 Å². The molecule has 0 spiro atoms. The molecule has 2 aromatic rings. The summed E-state index contributed by atoms with van der Waals surface area (Å²) in [5.74, 6) is 0. The van der Waals surface area contributed by atoms with Crippen molar-refractivity contribution >= 4 is 16.3 Å². The number of imidazole rings is 1. The van der Waals surface area contributed by atoms with Crippen LogP contribution < -0.4 is 0 Å². The second-order valence-corrected chi connectivity index (χ2v) is 3.96. The second kappa shape index (κ2) is 2.08. The molecule has 0 atom stereocenters. The van der Waals surface area contributed by atoms with Gasteiger partial charge in [0.25, 0.3) is 0 Å². The number of hydrogen-bond donors (Lipinski definition) is 0. The summed E-state index contributed by atoms with van der Waals surface area (Å²) in [5, 5.41) is 0. The van der Waals surface area contributed by atoms with E-state index in [9.17, 15) is 0 Å².